The standard InChI is InChI=1S/C14H21ClN2O2/c1-3-4-7-17-14(18)10-19-13-6-5-12(15)8-11(13)9-16-2/h5-6,8,16H,3-4,7,9-10H2,1-2H3,(H,17,18). The van der Waals surface area contributed by atoms with Crippen molar-refractivity contribution >= 4 is 17.5 Å². The van der Waals surface area contributed by atoms with Gasteiger partial charge in [0, 0.05) is 23.7 Å². The van der Waals surface area contributed by atoms with Gasteiger partial charge < -0.3 is 15.4 Å². The van der Waals surface area contributed by atoms with E-state index in [-0.39, 0.29) is 12.5 Å². The summed E-state index contributed by atoms with van der Waals surface area (Å²) in [7, 11) is 1.85. The number of rotatable bonds is 8. The van der Waals surface area contributed by atoms with Crippen molar-refractivity contribution in [2.75, 3.05) is 20.2 Å². The summed E-state index contributed by atoms with van der Waals surface area (Å²) in [5.74, 6) is 0.586. The minimum Gasteiger partial charge on any atom is -0.483 e. The van der Waals surface area contributed by atoms with Crippen LogP contribution in [0, 0.1) is 0 Å². The van der Waals surface area contributed by atoms with Gasteiger partial charge in [-0.25, -0.2) is 0 Å². The molecule has 1 amide bonds. The van der Waals surface area contributed by atoms with Gasteiger partial charge in [0.1, 0.15) is 5.75 Å². The first-order valence-corrected chi connectivity index (χ1v) is 6.87. The number of nitrogens with one attached hydrogen (secondary N) is 2. The maximum atomic E-state index is 11.5. The average molecular weight is 285 g/mol. The number of halogens is 1. The molecule has 0 saturated heterocycles. The largest absolute Gasteiger partial charge is 0.483 e. The van der Waals surface area contributed by atoms with E-state index < -0.39 is 0 Å². The van der Waals surface area contributed by atoms with Gasteiger partial charge in [-0.2, -0.15) is 0 Å². The predicted molar refractivity (Wildman–Crippen MR) is 77.6 cm³/mol. The van der Waals surface area contributed by atoms with Crippen molar-refractivity contribution in [1.82, 2.24) is 10.6 Å². The van der Waals surface area contributed by atoms with Gasteiger partial charge in [-0.1, -0.05) is 24.9 Å². The van der Waals surface area contributed by atoms with Gasteiger partial charge in [0.25, 0.3) is 5.91 Å². The molecule has 0 radical (unpaired) electrons. The molecule has 0 spiro atoms. The topological polar surface area (TPSA) is 50.4 Å². The summed E-state index contributed by atoms with van der Waals surface area (Å²) < 4.78 is 5.53. The van der Waals surface area contributed by atoms with E-state index in [2.05, 4.69) is 17.6 Å². The summed E-state index contributed by atoms with van der Waals surface area (Å²) in [4.78, 5) is 11.5. The molecule has 1 aromatic carbocycles. The molecule has 0 heterocycles. The molecule has 0 aliphatic heterocycles. The fraction of sp³-hybridized carbons (Fsp3) is 0.500. The molecule has 5 heteroatoms. The Morgan fingerprint density at radius 3 is 2.89 bits per heavy atom. The average Bonchev–Trinajstić information content (AvgIpc) is 2.38. The fourth-order valence-corrected chi connectivity index (χ4v) is 1.81. The molecular weight excluding hydrogens is 264 g/mol. The lowest BCUT2D eigenvalue weighted by molar-refractivity contribution is -0.123. The maximum Gasteiger partial charge on any atom is 0.257 e. The van der Waals surface area contributed by atoms with Crippen LogP contribution in [0.25, 0.3) is 0 Å². The van der Waals surface area contributed by atoms with E-state index in [1.54, 1.807) is 12.1 Å². The van der Waals surface area contributed by atoms with E-state index in [4.69, 9.17) is 16.3 Å². The van der Waals surface area contributed by atoms with Gasteiger partial charge in [0.05, 0.1) is 0 Å². The Morgan fingerprint density at radius 1 is 1.42 bits per heavy atom. The maximum absolute atomic E-state index is 11.5. The second kappa shape index (κ2) is 8.77. The van der Waals surface area contributed by atoms with Crippen molar-refractivity contribution in [1.29, 1.82) is 0 Å². The molecule has 0 bridgehead atoms. The first-order valence-electron chi connectivity index (χ1n) is 6.50. The molecule has 0 aliphatic carbocycles. The number of benzene rings is 1. The minimum absolute atomic E-state index is 0.0298. The first-order chi connectivity index (χ1) is 9.17. The van der Waals surface area contributed by atoms with Crippen molar-refractivity contribution in [2.45, 2.75) is 26.3 Å². The van der Waals surface area contributed by atoms with Crippen molar-refractivity contribution in [2.24, 2.45) is 0 Å². The number of hydrogen-bond acceptors (Lipinski definition) is 3. The lowest BCUT2D eigenvalue weighted by Gasteiger charge is -2.11. The van der Waals surface area contributed by atoms with Gasteiger partial charge in [-0.05, 0) is 31.7 Å². The Bertz CT molecular complexity index is 410. The highest BCUT2D eigenvalue weighted by molar-refractivity contribution is 6.30. The normalized spacial score (nSPS) is 10.3. The van der Waals surface area contributed by atoms with Crippen LogP contribution in [0.2, 0.25) is 5.02 Å². The van der Waals surface area contributed by atoms with Gasteiger partial charge in [-0.15, -0.1) is 0 Å². The molecule has 0 fully saturated rings. The van der Waals surface area contributed by atoms with E-state index in [1.807, 2.05) is 13.1 Å². The van der Waals surface area contributed by atoms with E-state index in [0.29, 0.717) is 23.9 Å². The Morgan fingerprint density at radius 2 is 2.21 bits per heavy atom. The number of carbonyl (C=O) groups is 1. The van der Waals surface area contributed by atoms with Gasteiger partial charge in [0.2, 0.25) is 0 Å². The lowest BCUT2D eigenvalue weighted by atomic mass is 10.2. The van der Waals surface area contributed by atoms with Crippen LogP contribution in [0.1, 0.15) is 25.3 Å². The molecule has 0 saturated carbocycles. The summed E-state index contributed by atoms with van der Waals surface area (Å²) >= 11 is 5.94. The quantitative estimate of drug-likeness (QED) is 0.721. The molecule has 4 nitrogen and oxygen atoms in total. The third-order valence-electron chi connectivity index (χ3n) is 2.60. The van der Waals surface area contributed by atoms with Gasteiger partial charge in [-0.3, -0.25) is 4.79 Å². The molecule has 0 atom stereocenters. The molecule has 0 aliphatic rings. The monoisotopic (exact) mass is 284 g/mol. The van der Waals surface area contributed by atoms with E-state index in [1.165, 1.54) is 0 Å². The van der Waals surface area contributed by atoms with E-state index >= 15 is 0 Å². The highest BCUT2D eigenvalue weighted by Crippen LogP contribution is 2.22. The van der Waals surface area contributed by atoms with Crippen LogP contribution >= 0.6 is 11.6 Å². The van der Waals surface area contributed by atoms with Crippen LogP contribution in [-0.2, 0) is 11.3 Å². The molecule has 0 aromatic heterocycles. The zero-order valence-electron chi connectivity index (χ0n) is 11.5. The fourth-order valence-electron chi connectivity index (χ4n) is 1.62. The van der Waals surface area contributed by atoms with Crippen LogP contribution in [0.4, 0.5) is 0 Å². The number of unbranched alkanes of at least 4 members (excludes halogenated alkanes) is 1. The summed E-state index contributed by atoms with van der Waals surface area (Å²) in [5.41, 5.74) is 0.941. The van der Waals surface area contributed by atoms with Crippen LogP contribution in [0.15, 0.2) is 18.2 Å². The first kappa shape index (κ1) is 15.8. The van der Waals surface area contributed by atoms with Crippen molar-refractivity contribution in [3.8, 4) is 5.75 Å². The Hall–Kier alpha value is -1.26. The molecular formula is C14H21ClN2O2. The number of carbonyl (C=O) groups excluding carboxylic acids is 1. The molecule has 2 N–H and O–H groups in total. The van der Waals surface area contributed by atoms with Crippen molar-refractivity contribution in [3.05, 3.63) is 28.8 Å². The van der Waals surface area contributed by atoms with Crippen LogP contribution < -0.4 is 15.4 Å². The molecule has 1 rings (SSSR count). The summed E-state index contributed by atoms with van der Waals surface area (Å²) in [5, 5.41) is 6.51. The summed E-state index contributed by atoms with van der Waals surface area (Å²) in [6.07, 6.45) is 2.04. The summed E-state index contributed by atoms with van der Waals surface area (Å²) in [6.45, 7) is 3.46. The SMILES string of the molecule is CCCCNC(=O)COc1ccc(Cl)cc1CNC. The number of hydrogen-bond donors (Lipinski definition) is 2. The number of ether oxygens (including phenoxy) is 1. The molecule has 106 valence electrons. The Kier molecular flexibility index (Phi) is 7.30. The Balaban J connectivity index is 2.50. The van der Waals surface area contributed by atoms with Gasteiger partial charge >= 0.3 is 0 Å². The van der Waals surface area contributed by atoms with Crippen LogP contribution in [0.5, 0.6) is 5.75 Å². The van der Waals surface area contributed by atoms with Crippen molar-refractivity contribution in [3.63, 3.8) is 0 Å². The summed E-state index contributed by atoms with van der Waals surface area (Å²) in [6, 6.07) is 5.38. The van der Waals surface area contributed by atoms with E-state index in [9.17, 15) is 4.79 Å². The van der Waals surface area contributed by atoms with Crippen LogP contribution in [0.3, 0.4) is 0 Å². The number of amides is 1. The van der Waals surface area contributed by atoms with Crippen LogP contribution in [-0.4, -0.2) is 26.1 Å². The third kappa shape index (κ3) is 5.94. The molecule has 19 heavy (non-hydrogen) atoms. The van der Waals surface area contributed by atoms with E-state index in [0.717, 1.165) is 18.4 Å². The second-order valence-electron chi connectivity index (χ2n) is 4.27. The lowest BCUT2D eigenvalue weighted by Crippen LogP contribution is -2.29. The minimum atomic E-state index is -0.0983. The van der Waals surface area contributed by atoms with Crippen molar-refractivity contribution < 1.29 is 9.53 Å². The third-order valence-corrected chi connectivity index (χ3v) is 2.84. The highest BCUT2D eigenvalue weighted by atomic mass is 35.5. The molecule has 1 aromatic rings. The predicted octanol–water partition coefficient (Wildman–Crippen LogP) is 2.35. The Labute approximate surface area is 119 Å². The highest BCUT2D eigenvalue weighted by Gasteiger charge is 2.07. The van der Waals surface area contributed by atoms with Gasteiger partial charge in [0.15, 0.2) is 6.61 Å². The zero-order valence-corrected chi connectivity index (χ0v) is 12.2. The second-order valence-corrected chi connectivity index (χ2v) is 4.71. The zero-order chi connectivity index (χ0) is 14.1. The molecule has 0 unspecified atom stereocenters. The smallest absolute Gasteiger partial charge is 0.257 e.